The van der Waals surface area contributed by atoms with Crippen LogP contribution in [0.3, 0.4) is 0 Å². The van der Waals surface area contributed by atoms with E-state index in [0.29, 0.717) is 25.0 Å². The monoisotopic (exact) mass is 368 g/mol. The van der Waals surface area contributed by atoms with E-state index in [0.717, 1.165) is 49.2 Å². The molecule has 6 heteroatoms. The lowest BCUT2D eigenvalue weighted by atomic mass is 9.94. The van der Waals surface area contributed by atoms with Gasteiger partial charge in [0.05, 0.1) is 14.2 Å². The van der Waals surface area contributed by atoms with Crippen LogP contribution in [0.1, 0.15) is 37.7 Å². The van der Waals surface area contributed by atoms with Gasteiger partial charge in [0.1, 0.15) is 11.5 Å². The summed E-state index contributed by atoms with van der Waals surface area (Å²) >= 11 is 0. The van der Waals surface area contributed by atoms with Crippen molar-refractivity contribution < 1.29 is 14.3 Å². The van der Waals surface area contributed by atoms with Gasteiger partial charge in [-0.2, -0.15) is 0 Å². The van der Waals surface area contributed by atoms with E-state index in [2.05, 4.69) is 4.90 Å². The smallest absolute Gasteiger partial charge is 0.226 e. The fraction of sp³-hybridized carbons (Fsp3) is 0.632. The van der Waals surface area contributed by atoms with Crippen molar-refractivity contribution in [3.05, 3.63) is 23.8 Å². The Morgan fingerprint density at radius 1 is 1.20 bits per heavy atom. The van der Waals surface area contributed by atoms with Crippen LogP contribution in [0.15, 0.2) is 18.2 Å². The Hall–Kier alpha value is -1.46. The molecule has 0 aliphatic heterocycles. The highest BCUT2D eigenvalue weighted by molar-refractivity contribution is 5.85. The zero-order valence-corrected chi connectivity index (χ0v) is 15.9. The Morgan fingerprint density at radius 3 is 2.56 bits per heavy atom. The van der Waals surface area contributed by atoms with Crippen molar-refractivity contribution in [2.24, 2.45) is 17.6 Å². The Morgan fingerprint density at radius 2 is 1.96 bits per heavy atom. The summed E-state index contributed by atoms with van der Waals surface area (Å²) in [4.78, 5) is 15.2. The first-order chi connectivity index (χ1) is 11.7. The van der Waals surface area contributed by atoms with E-state index in [1.54, 1.807) is 14.2 Å². The second-order valence-electron chi connectivity index (χ2n) is 6.91. The normalized spacial score (nSPS) is 22.2. The van der Waals surface area contributed by atoms with Crippen LogP contribution in [0.5, 0.6) is 11.5 Å². The molecule has 2 saturated carbocycles. The average Bonchev–Trinajstić information content (AvgIpc) is 3.34. The van der Waals surface area contributed by atoms with Crippen LogP contribution >= 0.6 is 12.4 Å². The fourth-order valence-electron chi connectivity index (χ4n) is 3.82. The first-order valence-corrected chi connectivity index (χ1v) is 8.89. The van der Waals surface area contributed by atoms with Gasteiger partial charge in [0.2, 0.25) is 5.91 Å². The van der Waals surface area contributed by atoms with Gasteiger partial charge in [-0.3, -0.25) is 4.79 Å². The number of rotatable bonds is 7. The lowest BCUT2D eigenvalue weighted by Gasteiger charge is -2.29. The summed E-state index contributed by atoms with van der Waals surface area (Å²) in [7, 11) is 3.32. The Bertz CT molecular complexity index is 592. The fourth-order valence-corrected chi connectivity index (χ4v) is 3.82. The predicted molar refractivity (Wildman–Crippen MR) is 100 cm³/mol. The van der Waals surface area contributed by atoms with E-state index in [-0.39, 0.29) is 24.2 Å². The summed E-state index contributed by atoms with van der Waals surface area (Å²) in [6.07, 6.45) is 5.35. The molecular formula is C19H29ClN2O3. The number of ether oxygens (including phenoxy) is 2. The number of hydrogen-bond donors (Lipinski definition) is 1. The van der Waals surface area contributed by atoms with Gasteiger partial charge < -0.3 is 20.1 Å². The predicted octanol–water partition coefficient (Wildman–Crippen LogP) is 2.99. The van der Waals surface area contributed by atoms with Crippen LogP contribution in [0.4, 0.5) is 0 Å². The summed E-state index contributed by atoms with van der Waals surface area (Å²) in [5, 5.41) is 0. The number of carbonyl (C=O) groups is 1. The van der Waals surface area contributed by atoms with E-state index in [1.165, 1.54) is 0 Å². The number of halogens is 1. The quantitative estimate of drug-likeness (QED) is 0.803. The molecule has 2 aliphatic carbocycles. The molecule has 0 heterocycles. The molecular weight excluding hydrogens is 340 g/mol. The van der Waals surface area contributed by atoms with Gasteiger partial charge in [-0.05, 0) is 56.3 Å². The molecule has 0 bridgehead atoms. The summed E-state index contributed by atoms with van der Waals surface area (Å²) in [5.41, 5.74) is 6.88. The molecule has 2 atom stereocenters. The summed E-state index contributed by atoms with van der Waals surface area (Å²) < 4.78 is 10.8. The van der Waals surface area contributed by atoms with Crippen LogP contribution in [0.25, 0.3) is 0 Å². The summed E-state index contributed by atoms with van der Waals surface area (Å²) in [5.74, 6) is 2.29. The SMILES string of the molecule is COc1ccc(OC)c(CN(C(=O)[C@@H]2CCC[C@@H]2CN)C2CC2)c1.Cl. The third kappa shape index (κ3) is 4.39. The third-order valence-corrected chi connectivity index (χ3v) is 5.38. The van der Waals surface area contributed by atoms with Crippen molar-refractivity contribution in [1.29, 1.82) is 0 Å². The molecule has 0 aromatic heterocycles. The van der Waals surface area contributed by atoms with Crippen molar-refractivity contribution in [1.82, 2.24) is 4.90 Å². The minimum Gasteiger partial charge on any atom is -0.497 e. The molecule has 3 rings (SSSR count). The van der Waals surface area contributed by atoms with Gasteiger partial charge in [-0.1, -0.05) is 6.42 Å². The van der Waals surface area contributed by atoms with Crippen LogP contribution in [0.2, 0.25) is 0 Å². The van der Waals surface area contributed by atoms with E-state index in [1.807, 2.05) is 18.2 Å². The Balaban J connectivity index is 0.00000225. The van der Waals surface area contributed by atoms with E-state index < -0.39 is 0 Å². The molecule has 2 N–H and O–H groups in total. The Kier molecular flexibility index (Phi) is 6.96. The molecule has 140 valence electrons. The highest BCUT2D eigenvalue weighted by atomic mass is 35.5. The highest BCUT2D eigenvalue weighted by Gasteiger charge is 2.40. The maximum atomic E-state index is 13.2. The molecule has 0 unspecified atom stereocenters. The number of carbonyl (C=O) groups excluding carboxylic acids is 1. The van der Waals surface area contributed by atoms with Crippen molar-refractivity contribution in [2.45, 2.75) is 44.7 Å². The largest absolute Gasteiger partial charge is 0.497 e. The number of hydrogen-bond acceptors (Lipinski definition) is 4. The second kappa shape index (κ2) is 8.77. The number of amides is 1. The average molecular weight is 369 g/mol. The molecule has 25 heavy (non-hydrogen) atoms. The molecule has 1 aromatic carbocycles. The molecule has 2 aliphatic rings. The van der Waals surface area contributed by atoms with Crippen molar-refractivity contribution >= 4 is 18.3 Å². The highest BCUT2D eigenvalue weighted by Crippen LogP contribution is 2.38. The van der Waals surface area contributed by atoms with Crippen LogP contribution in [-0.2, 0) is 11.3 Å². The van der Waals surface area contributed by atoms with Crippen molar-refractivity contribution in [2.75, 3.05) is 20.8 Å². The maximum Gasteiger partial charge on any atom is 0.226 e. The Labute approximate surface area is 156 Å². The van der Waals surface area contributed by atoms with Gasteiger partial charge in [0, 0.05) is 24.1 Å². The van der Waals surface area contributed by atoms with Crippen LogP contribution < -0.4 is 15.2 Å². The zero-order valence-electron chi connectivity index (χ0n) is 15.1. The standard InChI is InChI=1S/C19H28N2O3.ClH/c1-23-16-8-9-18(24-2)14(10-16)12-21(15-6-7-15)19(22)17-5-3-4-13(17)11-20;/h8-10,13,15,17H,3-7,11-12,20H2,1-2H3;1H/t13-,17-;/m1./s1. The van der Waals surface area contributed by atoms with Crippen LogP contribution in [0, 0.1) is 11.8 Å². The maximum absolute atomic E-state index is 13.2. The topological polar surface area (TPSA) is 64.8 Å². The molecule has 0 spiro atoms. The lowest BCUT2D eigenvalue weighted by molar-refractivity contribution is -0.137. The van der Waals surface area contributed by atoms with Crippen molar-refractivity contribution in [3.8, 4) is 11.5 Å². The molecule has 1 amide bonds. The van der Waals surface area contributed by atoms with E-state index >= 15 is 0 Å². The van der Waals surface area contributed by atoms with Crippen LogP contribution in [-0.4, -0.2) is 37.6 Å². The molecule has 5 nitrogen and oxygen atoms in total. The van der Waals surface area contributed by atoms with Gasteiger partial charge >= 0.3 is 0 Å². The van der Waals surface area contributed by atoms with Gasteiger partial charge in [-0.15, -0.1) is 12.4 Å². The second-order valence-corrected chi connectivity index (χ2v) is 6.91. The van der Waals surface area contributed by atoms with E-state index in [9.17, 15) is 4.79 Å². The summed E-state index contributed by atoms with van der Waals surface area (Å²) in [6.45, 7) is 1.19. The minimum absolute atomic E-state index is 0. The molecule has 1 aromatic rings. The third-order valence-electron chi connectivity index (χ3n) is 5.38. The first-order valence-electron chi connectivity index (χ1n) is 8.89. The number of benzene rings is 1. The lowest BCUT2D eigenvalue weighted by Crippen LogP contribution is -2.40. The van der Waals surface area contributed by atoms with E-state index in [4.69, 9.17) is 15.2 Å². The summed E-state index contributed by atoms with van der Waals surface area (Å²) in [6, 6.07) is 6.12. The molecule has 0 radical (unpaired) electrons. The number of nitrogens with zero attached hydrogens (tertiary/aromatic N) is 1. The number of methoxy groups -OCH3 is 2. The molecule has 2 fully saturated rings. The van der Waals surface area contributed by atoms with Gasteiger partial charge in [0.25, 0.3) is 0 Å². The number of nitrogens with two attached hydrogens (primary N) is 1. The minimum atomic E-state index is 0. The zero-order chi connectivity index (χ0) is 17.1. The van der Waals surface area contributed by atoms with Crippen molar-refractivity contribution in [3.63, 3.8) is 0 Å². The first kappa shape index (κ1) is 19.9. The molecule has 0 saturated heterocycles. The van der Waals surface area contributed by atoms with Gasteiger partial charge in [0.15, 0.2) is 0 Å². The van der Waals surface area contributed by atoms with Gasteiger partial charge in [-0.25, -0.2) is 0 Å².